The molecule has 0 amide bonds. The van der Waals surface area contributed by atoms with Crippen LogP contribution < -0.4 is 0 Å². The zero-order chi connectivity index (χ0) is 17.6. The van der Waals surface area contributed by atoms with Gasteiger partial charge < -0.3 is 24.1 Å². The number of aliphatic carboxylic acids is 1. The molecule has 9 nitrogen and oxygen atoms in total. The van der Waals surface area contributed by atoms with Crippen LogP contribution in [0, 0.1) is 5.92 Å². The molecule has 23 heavy (non-hydrogen) atoms. The molecule has 1 aliphatic rings. The average Bonchev–Trinajstić information content (AvgIpc) is 2.75. The van der Waals surface area contributed by atoms with Crippen molar-refractivity contribution in [3.63, 3.8) is 0 Å². The van der Waals surface area contributed by atoms with Crippen molar-refractivity contribution >= 4 is 23.9 Å². The van der Waals surface area contributed by atoms with Crippen molar-refractivity contribution in [2.75, 3.05) is 13.2 Å². The van der Waals surface area contributed by atoms with Crippen LogP contribution in [0.5, 0.6) is 0 Å². The molecule has 130 valence electrons. The normalized spacial score (nSPS) is 24.6. The molecule has 0 radical (unpaired) electrons. The molecule has 1 heterocycles. The van der Waals surface area contributed by atoms with Gasteiger partial charge >= 0.3 is 23.9 Å². The molecule has 1 N–H and O–H groups in total. The highest BCUT2D eigenvalue weighted by atomic mass is 16.6. The van der Waals surface area contributed by atoms with E-state index in [-0.39, 0.29) is 19.6 Å². The van der Waals surface area contributed by atoms with Crippen molar-refractivity contribution in [2.45, 2.75) is 45.5 Å². The number of carbonyl (C=O) groups excluding carboxylic acids is 3. The van der Waals surface area contributed by atoms with Gasteiger partial charge in [-0.1, -0.05) is 0 Å². The molecule has 0 unspecified atom stereocenters. The first-order valence-electron chi connectivity index (χ1n) is 7.02. The fourth-order valence-electron chi connectivity index (χ4n) is 2.38. The van der Waals surface area contributed by atoms with E-state index in [1.165, 1.54) is 20.8 Å². The second-order valence-electron chi connectivity index (χ2n) is 5.18. The Balaban J connectivity index is 2.91. The molecule has 1 aliphatic heterocycles. The summed E-state index contributed by atoms with van der Waals surface area (Å²) < 4.78 is 20.5. The predicted molar refractivity (Wildman–Crippen MR) is 73.2 cm³/mol. The molecule has 1 fully saturated rings. The highest BCUT2D eigenvalue weighted by Crippen LogP contribution is 2.29. The van der Waals surface area contributed by atoms with E-state index in [1.807, 2.05) is 0 Å². The topological polar surface area (TPSA) is 125 Å². The van der Waals surface area contributed by atoms with E-state index in [9.17, 15) is 19.2 Å². The summed E-state index contributed by atoms with van der Waals surface area (Å²) in [5, 5.41) is 9.00. The van der Waals surface area contributed by atoms with E-state index in [1.54, 1.807) is 0 Å². The molecular formula is C14H20O9. The average molecular weight is 332 g/mol. The minimum absolute atomic E-state index is 0.0433. The number of hydrogen-bond donors (Lipinski definition) is 1. The van der Waals surface area contributed by atoms with Crippen molar-refractivity contribution in [1.82, 2.24) is 0 Å². The number of carboxylic acid groups (broad SMARTS) is 1. The maximum Gasteiger partial charge on any atom is 0.303 e. The standard InChI is InChI=1S/C14H20O9/c1-7(15)20-5-10(4-12(18)19)13-14(23-9(3)17)11(6-21-13)22-8(2)16/h10-11,13-14H,4-6H2,1-3H3,(H,18,19)/t10-,11+,13-,14+/m1/s1. The van der Waals surface area contributed by atoms with Crippen molar-refractivity contribution in [1.29, 1.82) is 0 Å². The Morgan fingerprint density at radius 3 is 2.17 bits per heavy atom. The maximum atomic E-state index is 11.3. The van der Waals surface area contributed by atoms with Crippen molar-refractivity contribution in [2.24, 2.45) is 5.92 Å². The molecule has 0 aromatic rings. The Labute approximate surface area is 132 Å². The second kappa shape index (κ2) is 8.47. The van der Waals surface area contributed by atoms with Crippen LogP contribution in [0.3, 0.4) is 0 Å². The van der Waals surface area contributed by atoms with Crippen LogP contribution in [0.4, 0.5) is 0 Å². The highest BCUT2D eigenvalue weighted by Gasteiger charge is 2.46. The van der Waals surface area contributed by atoms with Crippen LogP contribution >= 0.6 is 0 Å². The molecule has 0 bridgehead atoms. The Bertz CT molecular complexity index is 473. The molecular weight excluding hydrogens is 312 g/mol. The van der Waals surface area contributed by atoms with E-state index in [0.717, 1.165) is 0 Å². The van der Waals surface area contributed by atoms with E-state index >= 15 is 0 Å². The maximum absolute atomic E-state index is 11.3. The Kier molecular flexibility index (Phi) is 6.95. The first kappa shape index (κ1) is 18.9. The molecule has 4 atom stereocenters. The monoisotopic (exact) mass is 332 g/mol. The molecule has 0 aliphatic carbocycles. The first-order valence-corrected chi connectivity index (χ1v) is 7.02. The van der Waals surface area contributed by atoms with Crippen molar-refractivity contribution < 1.29 is 43.2 Å². The largest absolute Gasteiger partial charge is 0.481 e. The van der Waals surface area contributed by atoms with Crippen LogP contribution in [0.15, 0.2) is 0 Å². The smallest absolute Gasteiger partial charge is 0.303 e. The fourth-order valence-corrected chi connectivity index (χ4v) is 2.38. The lowest BCUT2D eigenvalue weighted by Crippen LogP contribution is -2.42. The van der Waals surface area contributed by atoms with Gasteiger partial charge in [0.2, 0.25) is 0 Å². The van der Waals surface area contributed by atoms with Gasteiger partial charge in [-0.25, -0.2) is 0 Å². The molecule has 0 aromatic heterocycles. The zero-order valence-corrected chi connectivity index (χ0v) is 13.1. The van der Waals surface area contributed by atoms with E-state index in [0.29, 0.717) is 0 Å². The molecule has 0 spiro atoms. The summed E-state index contributed by atoms with van der Waals surface area (Å²) in [5.41, 5.74) is 0. The van der Waals surface area contributed by atoms with Gasteiger partial charge in [-0.15, -0.1) is 0 Å². The molecule has 0 aromatic carbocycles. The lowest BCUT2D eigenvalue weighted by molar-refractivity contribution is -0.166. The lowest BCUT2D eigenvalue weighted by Gasteiger charge is -2.27. The quantitative estimate of drug-likeness (QED) is 0.502. The number of hydrogen-bond acceptors (Lipinski definition) is 8. The predicted octanol–water partition coefficient (Wildman–Crippen LogP) is -0.0974. The SMILES string of the molecule is CC(=O)OC[C@@H](CC(=O)O)[C@H]1OC[C@H](OC(C)=O)[C@@H]1OC(C)=O. The Morgan fingerprint density at radius 1 is 1.09 bits per heavy atom. The third kappa shape index (κ3) is 6.23. The summed E-state index contributed by atoms with van der Waals surface area (Å²) in [4.78, 5) is 44.3. The van der Waals surface area contributed by atoms with Gasteiger partial charge in [0.25, 0.3) is 0 Å². The molecule has 9 heteroatoms. The number of carboxylic acids is 1. The highest BCUT2D eigenvalue weighted by molar-refractivity contribution is 5.68. The Hall–Kier alpha value is -2.16. The van der Waals surface area contributed by atoms with Gasteiger partial charge in [0.05, 0.1) is 19.6 Å². The van der Waals surface area contributed by atoms with Gasteiger partial charge in [0.15, 0.2) is 12.2 Å². The van der Waals surface area contributed by atoms with Crippen LogP contribution in [0.25, 0.3) is 0 Å². The third-order valence-corrected chi connectivity index (χ3v) is 3.16. The minimum atomic E-state index is -1.12. The second-order valence-corrected chi connectivity index (χ2v) is 5.18. The number of carbonyl (C=O) groups is 4. The van der Waals surface area contributed by atoms with Crippen LogP contribution in [-0.4, -0.2) is 60.5 Å². The summed E-state index contributed by atoms with van der Waals surface area (Å²) in [6.45, 7) is 3.32. The van der Waals surface area contributed by atoms with Gasteiger partial charge in [-0.3, -0.25) is 19.2 Å². The van der Waals surface area contributed by atoms with Gasteiger partial charge in [-0.05, 0) is 0 Å². The van der Waals surface area contributed by atoms with Gasteiger partial charge in [0.1, 0.15) is 6.10 Å². The van der Waals surface area contributed by atoms with E-state index < -0.39 is 48.1 Å². The number of esters is 3. The number of ether oxygens (including phenoxy) is 4. The van der Waals surface area contributed by atoms with Crippen molar-refractivity contribution in [3.8, 4) is 0 Å². The Morgan fingerprint density at radius 2 is 1.70 bits per heavy atom. The summed E-state index contributed by atoms with van der Waals surface area (Å²) >= 11 is 0. The summed E-state index contributed by atoms with van der Waals surface area (Å²) in [6, 6.07) is 0. The molecule has 1 rings (SSSR count). The summed E-state index contributed by atoms with van der Waals surface area (Å²) in [7, 11) is 0. The minimum Gasteiger partial charge on any atom is -0.481 e. The van der Waals surface area contributed by atoms with Crippen LogP contribution in [0.2, 0.25) is 0 Å². The van der Waals surface area contributed by atoms with Gasteiger partial charge in [0, 0.05) is 26.7 Å². The van der Waals surface area contributed by atoms with Crippen LogP contribution in [-0.2, 0) is 38.1 Å². The fraction of sp³-hybridized carbons (Fsp3) is 0.714. The van der Waals surface area contributed by atoms with E-state index in [4.69, 9.17) is 24.1 Å². The third-order valence-electron chi connectivity index (χ3n) is 3.16. The van der Waals surface area contributed by atoms with E-state index in [2.05, 4.69) is 0 Å². The zero-order valence-electron chi connectivity index (χ0n) is 13.1. The van der Waals surface area contributed by atoms with Crippen LogP contribution in [0.1, 0.15) is 27.2 Å². The summed E-state index contributed by atoms with van der Waals surface area (Å²) in [6.07, 6.45) is -3.02. The lowest BCUT2D eigenvalue weighted by atomic mass is 9.94. The molecule has 0 saturated carbocycles. The molecule has 1 saturated heterocycles. The number of rotatable bonds is 7. The van der Waals surface area contributed by atoms with Gasteiger partial charge in [-0.2, -0.15) is 0 Å². The summed E-state index contributed by atoms with van der Waals surface area (Å²) in [5.74, 6) is -3.64. The first-order chi connectivity index (χ1) is 10.7. The van der Waals surface area contributed by atoms with Crippen molar-refractivity contribution in [3.05, 3.63) is 0 Å².